The lowest BCUT2D eigenvalue weighted by molar-refractivity contribution is -0.124. The van der Waals surface area contributed by atoms with Crippen molar-refractivity contribution in [1.82, 2.24) is 15.6 Å². The number of benzene rings is 2. The number of esters is 1. The summed E-state index contributed by atoms with van der Waals surface area (Å²) in [5.41, 5.74) is 2.00. The number of aromatic nitrogens is 1. The van der Waals surface area contributed by atoms with Gasteiger partial charge in [0, 0.05) is 19.3 Å². The first-order valence-corrected chi connectivity index (χ1v) is 12.0. The van der Waals surface area contributed by atoms with Gasteiger partial charge in [-0.25, -0.2) is 9.78 Å². The van der Waals surface area contributed by atoms with Gasteiger partial charge in [-0.1, -0.05) is 36.0 Å². The van der Waals surface area contributed by atoms with Gasteiger partial charge in [0.25, 0.3) is 5.91 Å². The Labute approximate surface area is 213 Å². The van der Waals surface area contributed by atoms with Crippen molar-refractivity contribution in [2.75, 3.05) is 26.6 Å². The number of ether oxygens (including phenoxy) is 3. The van der Waals surface area contributed by atoms with Gasteiger partial charge < -0.3 is 24.8 Å². The largest absolute Gasteiger partial charge is 0.497 e. The molecule has 0 aliphatic heterocycles. The van der Waals surface area contributed by atoms with E-state index < -0.39 is 18.5 Å². The number of amides is 2. The van der Waals surface area contributed by atoms with Crippen molar-refractivity contribution in [3.05, 3.63) is 83.6 Å². The molecule has 0 atom stereocenters. The van der Waals surface area contributed by atoms with E-state index in [-0.39, 0.29) is 17.2 Å². The summed E-state index contributed by atoms with van der Waals surface area (Å²) in [6, 6.07) is 17.8. The van der Waals surface area contributed by atoms with Crippen LogP contribution in [0.1, 0.15) is 21.5 Å². The number of rotatable bonds is 12. The monoisotopic (exact) mass is 509 g/mol. The molecule has 0 unspecified atom stereocenters. The van der Waals surface area contributed by atoms with Gasteiger partial charge in [-0.3, -0.25) is 9.59 Å². The quantitative estimate of drug-likeness (QED) is 0.283. The van der Waals surface area contributed by atoms with Crippen LogP contribution in [0.2, 0.25) is 0 Å². The molecule has 0 bridgehead atoms. The van der Waals surface area contributed by atoms with Crippen LogP contribution in [0.3, 0.4) is 0 Å². The third-order valence-electron chi connectivity index (χ3n) is 4.96. The van der Waals surface area contributed by atoms with Crippen LogP contribution in [-0.2, 0) is 27.4 Å². The number of methoxy groups -OCH3 is 2. The third kappa shape index (κ3) is 8.31. The molecule has 9 nitrogen and oxygen atoms in total. The van der Waals surface area contributed by atoms with Gasteiger partial charge in [0.15, 0.2) is 6.61 Å². The van der Waals surface area contributed by atoms with Crippen LogP contribution in [0.25, 0.3) is 0 Å². The summed E-state index contributed by atoms with van der Waals surface area (Å²) in [5.74, 6) is 0.192. The Kier molecular flexibility index (Phi) is 10.1. The molecule has 2 N–H and O–H groups in total. The van der Waals surface area contributed by atoms with Gasteiger partial charge in [-0.2, -0.15) is 0 Å². The SMILES string of the molecule is COc1ccc(CNC(=O)COC(=O)c2cccnc2SCC(=O)NCc2ccc(OC)cc2)cc1. The molecule has 188 valence electrons. The summed E-state index contributed by atoms with van der Waals surface area (Å²) in [4.78, 5) is 41.1. The molecule has 1 aromatic heterocycles. The standard InChI is InChI=1S/C26H27N3O6S/c1-33-20-9-5-18(6-10-20)14-28-23(30)16-35-26(32)22-4-3-13-27-25(22)36-17-24(31)29-15-19-7-11-21(34-2)12-8-19/h3-13H,14-17H2,1-2H3,(H,28,30)(H,29,31). The fourth-order valence-corrected chi connectivity index (χ4v) is 3.81. The number of hydrogen-bond acceptors (Lipinski definition) is 8. The Morgan fingerprint density at radius 2 is 1.36 bits per heavy atom. The maximum absolute atomic E-state index is 12.5. The molecule has 3 aromatic rings. The van der Waals surface area contributed by atoms with Crippen molar-refractivity contribution >= 4 is 29.5 Å². The van der Waals surface area contributed by atoms with Crippen LogP contribution in [0.15, 0.2) is 71.9 Å². The summed E-state index contributed by atoms with van der Waals surface area (Å²) in [5, 5.41) is 5.87. The summed E-state index contributed by atoms with van der Waals surface area (Å²) in [6.45, 7) is 0.225. The minimum Gasteiger partial charge on any atom is -0.497 e. The van der Waals surface area contributed by atoms with Crippen LogP contribution in [-0.4, -0.2) is 49.3 Å². The van der Waals surface area contributed by atoms with Crippen molar-refractivity contribution < 1.29 is 28.6 Å². The highest BCUT2D eigenvalue weighted by Gasteiger charge is 2.17. The average molecular weight is 510 g/mol. The van der Waals surface area contributed by atoms with E-state index in [9.17, 15) is 14.4 Å². The predicted octanol–water partition coefficient (Wildman–Crippen LogP) is 2.98. The number of pyridine rings is 1. The highest BCUT2D eigenvalue weighted by atomic mass is 32.2. The molecule has 0 spiro atoms. The number of carbonyl (C=O) groups excluding carboxylic acids is 3. The third-order valence-corrected chi connectivity index (χ3v) is 5.97. The minimum absolute atomic E-state index is 0.0653. The Bertz CT molecular complexity index is 1170. The molecule has 0 aliphatic carbocycles. The molecule has 0 fully saturated rings. The first-order valence-electron chi connectivity index (χ1n) is 11.0. The van der Waals surface area contributed by atoms with E-state index in [4.69, 9.17) is 14.2 Å². The highest BCUT2D eigenvalue weighted by Crippen LogP contribution is 2.21. The molecular formula is C26H27N3O6S. The van der Waals surface area contributed by atoms with Crippen LogP contribution in [0.4, 0.5) is 0 Å². The Hall–Kier alpha value is -4.05. The molecule has 0 aliphatic rings. The van der Waals surface area contributed by atoms with Gasteiger partial charge >= 0.3 is 5.97 Å². The van der Waals surface area contributed by atoms with Crippen molar-refractivity contribution in [3.63, 3.8) is 0 Å². The smallest absolute Gasteiger partial charge is 0.341 e. The molecule has 3 rings (SSSR count). The van der Waals surface area contributed by atoms with Crippen molar-refractivity contribution in [3.8, 4) is 11.5 Å². The number of nitrogens with zero attached hydrogens (tertiary/aromatic N) is 1. The molecule has 0 radical (unpaired) electrons. The lowest BCUT2D eigenvalue weighted by Crippen LogP contribution is -2.28. The van der Waals surface area contributed by atoms with E-state index in [1.54, 1.807) is 38.5 Å². The normalized spacial score (nSPS) is 10.3. The van der Waals surface area contributed by atoms with Crippen LogP contribution in [0.5, 0.6) is 11.5 Å². The van der Waals surface area contributed by atoms with E-state index in [1.807, 2.05) is 36.4 Å². The second kappa shape index (κ2) is 13.7. The summed E-state index contributed by atoms with van der Waals surface area (Å²) in [6.07, 6.45) is 1.52. The first-order chi connectivity index (χ1) is 17.5. The van der Waals surface area contributed by atoms with Gasteiger partial charge in [0.05, 0.1) is 25.5 Å². The van der Waals surface area contributed by atoms with Crippen LogP contribution in [0, 0.1) is 0 Å². The topological polar surface area (TPSA) is 116 Å². The zero-order valence-corrected chi connectivity index (χ0v) is 20.8. The number of carbonyl (C=O) groups is 3. The van der Waals surface area contributed by atoms with Crippen molar-refractivity contribution in [2.24, 2.45) is 0 Å². The summed E-state index contributed by atoms with van der Waals surface area (Å²) >= 11 is 1.11. The molecule has 10 heteroatoms. The van der Waals surface area contributed by atoms with Gasteiger partial charge in [-0.15, -0.1) is 0 Å². The van der Waals surface area contributed by atoms with E-state index >= 15 is 0 Å². The van der Waals surface area contributed by atoms with Gasteiger partial charge in [-0.05, 0) is 47.5 Å². The maximum atomic E-state index is 12.5. The molecule has 0 saturated heterocycles. The van der Waals surface area contributed by atoms with E-state index in [0.717, 1.165) is 34.4 Å². The maximum Gasteiger partial charge on any atom is 0.341 e. The molecule has 2 amide bonds. The van der Waals surface area contributed by atoms with Gasteiger partial charge in [0.2, 0.25) is 5.91 Å². The molecule has 2 aromatic carbocycles. The summed E-state index contributed by atoms with van der Waals surface area (Å²) in [7, 11) is 3.17. The average Bonchev–Trinajstić information content (AvgIpc) is 2.93. The van der Waals surface area contributed by atoms with E-state index in [2.05, 4.69) is 15.6 Å². The number of nitrogens with one attached hydrogen (secondary N) is 2. The second-order valence-electron chi connectivity index (χ2n) is 7.47. The highest BCUT2D eigenvalue weighted by molar-refractivity contribution is 8.00. The predicted molar refractivity (Wildman–Crippen MR) is 135 cm³/mol. The lowest BCUT2D eigenvalue weighted by Gasteiger charge is -2.10. The Balaban J connectivity index is 1.44. The fraction of sp³-hybridized carbons (Fsp3) is 0.231. The minimum atomic E-state index is -0.691. The second-order valence-corrected chi connectivity index (χ2v) is 8.43. The van der Waals surface area contributed by atoms with Crippen LogP contribution >= 0.6 is 11.8 Å². The number of thioether (sulfide) groups is 1. The van der Waals surface area contributed by atoms with Crippen LogP contribution < -0.4 is 20.1 Å². The first kappa shape index (κ1) is 26.6. The van der Waals surface area contributed by atoms with E-state index in [0.29, 0.717) is 18.1 Å². The zero-order chi connectivity index (χ0) is 25.8. The number of hydrogen-bond donors (Lipinski definition) is 2. The van der Waals surface area contributed by atoms with E-state index in [1.165, 1.54) is 6.20 Å². The molecule has 0 saturated carbocycles. The van der Waals surface area contributed by atoms with Crippen molar-refractivity contribution in [1.29, 1.82) is 0 Å². The fourth-order valence-electron chi connectivity index (χ4n) is 2.99. The van der Waals surface area contributed by atoms with Gasteiger partial charge in [0.1, 0.15) is 16.5 Å². The molecule has 36 heavy (non-hydrogen) atoms. The van der Waals surface area contributed by atoms with Crippen molar-refractivity contribution in [2.45, 2.75) is 18.1 Å². The summed E-state index contributed by atoms with van der Waals surface area (Å²) < 4.78 is 15.4. The Morgan fingerprint density at radius 3 is 1.92 bits per heavy atom. The lowest BCUT2D eigenvalue weighted by atomic mass is 10.2. The molecular weight excluding hydrogens is 482 g/mol. The zero-order valence-electron chi connectivity index (χ0n) is 20.0. The Morgan fingerprint density at radius 1 is 0.806 bits per heavy atom. The molecule has 1 heterocycles.